The highest BCUT2D eigenvalue weighted by Crippen LogP contribution is 2.32. The number of fused-ring (bicyclic) bond motifs is 1. The summed E-state index contributed by atoms with van der Waals surface area (Å²) in [7, 11) is 0. The van der Waals surface area contributed by atoms with Crippen LogP contribution in [0.4, 0.5) is 5.82 Å². The summed E-state index contributed by atoms with van der Waals surface area (Å²) in [5, 5.41) is 0.834. The predicted octanol–water partition coefficient (Wildman–Crippen LogP) is 5.64. The minimum atomic E-state index is -0.0500. The molecule has 2 aliphatic rings. The monoisotopic (exact) mass is 466 g/mol. The first kappa shape index (κ1) is 21.2. The largest absolute Gasteiger partial charge is 0.356 e. The maximum Gasteiger partial charge on any atom is 0.254 e. The molecule has 7 heteroatoms. The Morgan fingerprint density at radius 2 is 1.66 bits per heavy atom. The summed E-state index contributed by atoms with van der Waals surface area (Å²) in [6, 6.07) is 15.2. The normalized spacial score (nSPS) is 16.1. The Labute approximate surface area is 198 Å². The fraction of sp³-hybridized carbons (Fsp3) is 0.320. The first-order chi connectivity index (χ1) is 15.6. The van der Waals surface area contributed by atoms with E-state index in [1.54, 1.807) is 18.2 Å². The minimum absolute atomic E-state index is 0.0500. The molecule has 2 aliphatic heterocycles. The van der Waals surface area contributed by atoms with Crippen molar-refractivity contribution in [1.29, 1.82) is 0 Å². The summed E-state index contributed by atoms with van der Waals surface area (Å²) < 4.78 is 0. The molecule has 1 aromatic heterocycles. The van der Waals surface area contributed by atoms with Crippen LogP contribution in [0, 0.1) is 0 Å². The third-order valence-corrected chi connectivity index (χ3v) is 6.92. The van der Waals surface area contributed by atoms with Crippen molar-refractivity contribution in [2.75, 3.05) is 24.5 Å². The zero-order valence-corrected chi connectivity index (χ0v) is 19.2. The van der Waals surface area contributed by atoms with E-state index < -0.39 is 0 Å². The van der Waals surface area contributed by atoms with Gasteiger partial charge in [0.2, 0.25) is 0 Å². The van der Waals surface area contributed by atoms with Gasteiger partial charge in [-0.05, 0) is 37.5 Å². The van der Waals surface area contributed by atoms with Crippen molar-refractivity contribution in [1.82, 2.24) is 14.9 Å². The Balaban J connectivity index is 1.51. The third-order valence-electron chi connectivity index (χ3n) is 6.18. The minimum Gasteiger partial charge on any atom is -0.356 e. The zero-order valence-electron chi connectivity index (χ0n) is 17.7. The van der Waals surface area contributed by atoms with Crippen LogP contribution in [-0.4, -0.2) is 40.4 Å². The van der Waals surface area contributed by atoms with E-state index in [9.17, 15) is 4.79 Å². The second-order valence-electron chi connectivity index (χ2n) is 8.32. The van der Waals surface area contributed by atoms with Gasteiger partial charge in [-0.3, -0.25) is 4.79 Å². The molecule has 3 aromatic rings. The summed E-state index contributed by atoms with van der Waals surface area (Å²) >= 11 is 12.2. The smallest absolute Gasteiger partial charge is 0.254 e. The van der Waals surface area contributed by atoms with Crippen LogP contribution < -0.4 is 4.90 Å². The topological polar surface area (TPSA) is 49.3 Å². The lowest BCUT2D eigenvalue weighted by atomic mass is 10.0. The van der Waals surface area contributed by atoms with Gasteiger partial charge in [-0.1, -0.05) is 53.5 Å². The number of hydrogen-bond acceptors (Lipinski definition) is 4. The molecule has 1 amide bonds. The molecule has 0 unspecified atom stereocenters. The van der Waals surface area contributed by atoms with Gasteiger partial charge in [0.1, 0.15) is 5.82 Å². The highest BCUT2D eigenvalue weighted by molar-refractivity contribution is 6.42. The molecule has 0 saturated carbocycles. The number of amides is 1. The molecule has 0 aliphatic carbocycles. The van der Waals surface area contributed by atoms with Crippen molar-refractivity contribution in [2.24, 2.45) is 0 Å². The average molecular weight is 467 g/mol. The van der Waals surface area contributed by atoms with Crippen molar-refractivity contribution >= 4 is 34.9 Å². The van der Waals surface area contributed by atoms with E-state index in [2.05, 4.69) is 4.90 Å². The van der Waals surface area contributed by atoms with Crippen LogP contribution in [0.1, 0.15) is 40.9 Å². The van der Waals surface area contributed by atoms with Crippen molar-refractivity contribution in [3.05, 3.63) is 75.4 Å². The Morgan fingerprint density at radius 1 is 0.875 bits per heavy atom. The van der Waals surface area contributed by atoms with Gasteiger partial charge in [0.15, 0.2) is 5.82 Å². The van der Waals surface area contributed by atoms with Crippen LogP contribution in [0.5, 0.6) is 0 Å². The predicted molar refractivity (Wildman–Crippen MR) is 128 cm³/mol. The number of nitrogens with zero attached hydrogens (tertiary/aromatic N) is 4. The second-order valence-corrected chi connectivity index (χ2v) is 9.13. The quantitative estimate of drug-likeness (QED) is 0.500. The fourth-order valence-corrected chi connectivity index (χ4v) is 4.76. The molecule has 5 rings (SSSR count). The molecule has 1 fully saturated rings. The molecule has 0 radical (unpaired) electrons. The molecular formula is C25H24Cl2N4O. The Bertz CT molecular complexity index is 1150. The third kappa shape index (κ3) is 4.19. The molecule has 0 atom stereocenters. The first-order valence-corrected chi connectivity index (χ1v) is 11.8. The van der Waals surface area contributed by atoms with Crippen molar-refractivity contribution in [3.63, 3.8) is 0 Å². The van der Waals surface area contributed by atoms with Gasteiger partial charge in [-0.15, -0.1) is 0 Å². The van der Waals surface area contributed by atoms with E-state index in [-0.39, 0.29) is 5.91 Å². The van der Waals surface area contributed by atoms with Gasteiger partial charge in [0.05, 0.1) is 22.3 Å². The summed E-state index contributed by atoms with van der Waals surface area (Å²) in [5.41, 5.74) is 3.66. The van der Waals surface area contributed by atoms with Gasteiger partial charge in [0.25, 0.3) is 5.91 Å². The number of hydrogen-bond donors (Lipinski definition) is 0. The number of aromatic nitrogens is 2. The van der Waals surface area contributed by atoms with E-state index in [0.29, 0.717) is 35.1 Å². The lowest BCUT2D eigenvalue weighted by Crippen LogP contribution is -2.39. The van der Waals surface area contributed by atoms with Crippen LogP contribution in [0.25, 0.3) is 11.4 Å². The standard InChI is InChI=1S/C25H24Cl2N4O/c26-20-10-9-18(15-21(20)27)25(32)31-14-11-22-19(16-31)24(30-12-5-2-6-13-30)29-23(28-22)17-7-3-1-4-8-17/h1,3-4,7-10,15H,2,5-6,11-14,16H2. The van der Waals surface area contributed by atoms with E-state index in [1.165, 1.54) is 6.42 Å². The van der Waals surface area contributed by atoms with E-state index in [0.717, 1.165) is 54.4 Å². The van der Waals surface area contributed by atoms with Crippen molar-refractivity contribution in [3.8, 4) is 11.4 Å². The van der Waals surface area contributed by atoms with Crippen LogP contribution in [0.15, 0.2) is 48.5 Å². The van der Waals surface area contributed by atoms with Gasteiger partial charge >= 0.3 is 0 Å². The molecule has 3 heterocycles. The Morgan fingerprint density at radius 3 is 2.41 bits per heavy atom. The maximum atomic E-state index is 13.2. The molecule has 1 saturated heterocycles. The molecule has 2 aromatic carbocycles. The first-order valence-electron chi connectivity index (χ1n) is 11.0. The number of piperidine rings is 1. The number of carbonyl (C=O) groups is 1. The Kier molecular flexibility index (Phi) is 6.03. The lowest BCUT2D eigenvalue weighted by molar-refractivity contribution is 0.0733. The molecule has 0 N–H and O–H groups in total. The van der Waals surface area contributed by atoms with Gasteiger partial charge in [-0.25, -0.2) is 9.97 Å². The van der Waals surface area contributed by atoms with E-state index in [4.69, 9.17) is 33.2 Å². The van der Waals surface area contributed by atoms with Crippen LogP contribution in [0.2, 0.25) is 10.0 Å². The SMILES string of the molecule is O=C(c1ccc(Cl)c(Cl)c1)N1CCc2nc(-c3ccccc3)nc(N3CCCCC3)c2C1. The molecule has 164 valence electrons. The maximum absolute atomic E-state index is 13.2. The number of benzene rings is 2. The summed E-state index contributed by atoms with van der Waals surface area (Å²) in [5.74, 6) is 1.68. The van der Waals surface area contributed by atoms with E-state index in [1.807, 2.05) is 35.2 Å². The molecule has 32 heavy (non-hydrogen) atoms. The van der Waals surface area contributed by atoms with E-state index >= 15 is 0 Å². The van der Waals surface area contributed by atoms with Crippen LogP contribution >= 0.6 is 23.2 Å². The second kappa shape index (κ2) is 9.08. The van der Waals surface area contributed by atoms with Crippen LogP contribution in [-0.2, 0) is 13.0 Å². The molecular weight excluding hydrogens is 443 g/mol. The number of anilines is 1. The number of carbonyl (C=O) groups excluding carboxylic acids is 1. The summed E-state index contributed by atoms with van der Waals surface area (Å²) in [4.78, 5) is 27.4. The molecule has 5 nitrogen and oxygen atoms in total. The molecule has 0 spiro atoms. The fourth-order valence-electron chi connectivity index (χ4n) is 4.47. The van der Waals surface area contributed by atoms with Gasteiger partial charge < -0.3 is 9.80 Å². The molecule has 0 bridgehead atoms. The number of rotatable bonds is 3. The Hall–Kier alpha value is -2.63. The van der Waals surface area contributed by atoms with Crippen LogP contribution in [0.3, 0.4) is 0 Å². The van der Waals surface area contributed by atoms with Crippen molar-refractivity contribution < 1.29 is 4.79 Å². The van der Waals surface area contributed by atoms with Gasteiger partial charge in [-0.2, -0.15) is 0 Å². The summed E-state index contributed by atoms with van der Waals surface area (Å²) in [6.07, 6.45) is 4.26. The highest BCUT2D eigenvalue weighted by atomic mass is 35.5. The highest BCUT2D eigenvalue weighted by Gasteiger charge is 2.29. The zero-order chi connectivity index (χ0) is 22.1. The lowest BCUT2D eigenvalue weighted by Gasteiger charge is -2.34. The van der Waals surface area contributed by atoms with Crippen molar-refractivity contribution in [2.45, 2.75) is 32.2 Å². The average Bonchev–Trinajstić information content (AvgIpc) is 2.85. The summed E-state index contributed by atoms with van der Waals surface area (Å²) in [6.45, 7) is 3.07. The number of halogens is 2. The van der Waals surface area contributed by atoms with Gasteiger partial charge in [0, 0.05) is 42.7 Å².